The fraction of sp³-hybridized carbons (Fsp3) is 0.923. The van der Waals surface area contributed by atoms with Crippen molar-refractivity contribution in [1.82, 2.24) is 4.90 Å². The predicted octanol–water partition coefficient (Wildman–Crippen LogP) is 2.44. The van der Waals surface area contributed by atoms with Gasteiger partial charge in [0.05, 0.1) is 0 Å². The van der Waals surface area contributed by atoms with Crippen LogP contribution in [0.15, 0.2) is 0 Å². The lowest BCUT2D eigenvalue weighted by Crippen LogP contribution is -2.37. The van der Waals surface area contributed by atoms with Crippen molar-refractivity contribution in [2.75, 3.05) is 13.1 Å². The topological polar surface area (TPSA) is 20.3 Å². The molecular formula is C13H21NO. The molecule has 1 heterocycles. The van der Waals surface area contributed by atoms with Gasteiger partial charge in [0.2, 0.25) is 5.91 Å². The van der Waals surface area contributed by atoms with Crippen LogP contribution < -0.4 is 0 Å². The SMILES string of the molecule is O=C(C1C2CCCCC21)N1CCCCC1. The van der Waals surface area contributed by atoms with Crippen molar-refractivity contribution in [3.63, 3.8) is 0 Å². The fourth-order valence-electron chi connectivity index (χ4n) is 3.68. The molecule has 2 heteroatoms. The lowest BCUT2D eigenvalue weighted by molar-refractivity contribution is -0.134. The zero-order valence-corrected chi connectivity index (χ0v) is 9.45. The molecule has 0 N–H and O–H groups in total. The maximum atomic E-state index is 12.3. The first-order valence-corrected chi connectivity index (χ1v) is 6.67. The van der Waals surface area contributed by atoms with E-state index in [9.17, 15) is 4.79 Å². The van der Waals surface area contributed by atoms with Gasteiger partial charge in [-0.3, -0.25) is 4.79 Å². The van der Waals surface area contributed by atoms with Crippen molar-refractivity contribution >= 4 is 5.91 Å². The molecule has 2 unspecified atom stereocenters. The van der Waals surface area contributed by atoms with Crippen LogP contribution in [0.25, 0.3) is 0 Å². The summed E-state index contributed by atoms with van der Waals surface area (Å²) in [5.74, 6) is 2.53. The van der Waals surface area contributed by atoms with Crippen molar-refractivity contribution in [3.8, 4) is 0 Å². The third-order valence-corrected chi connectivity index (χ3v) is 4.61. The van der Waals surface area contributed by atoms with Gasteiger partial charge in [-0.25, -0.2) is 0 Å². The molecule has 15 heavy (non-hydrogen) atoms. The van der Waals surface area contributed by atoms with Crippen LogP contribution in [0, 0.1) is 17.8 Å². The van der Waals surface area contributed by atoms with Crippen molar-refractivity contribution in [2.24, 2.45) is 17.8 Å². The lowest BCUT2D eigenvalue weighted by Gasteiger charge is -2.27. The third-order valence-electron chi connectivity index (χ3n) is 4.61. The summed E-state index contributed by atoms with van der Waals surface area (Å²) in [4.78, 5) is 14.4. The molecule has 2 saturated carbocycles. The number of carbonyl (C=O) groups is 1. The molecule has 2 aliphatic carbocycles. The summed E-state index contributed by atoms with van der Waals surface area (Å²) in [5.41, 5.74) is 0. The van der Waals surface area contributed by atoms with E-state index in [0.29, 0.717) is 11.8 Å². The first-order chi connectivity index (χ1) is 7.38. The molecule has 0 aromatic rings. The summed E-state index contributed by atoms with van der Waals surface area (Å²) < 4.78 is 0. The Balaban J connectivity index is 1.60. The van der Waals surface area contributed by atoms with Crippen LogP contribution in [0.5, 0.6) is 0 Å². The van der Waals surface area contributed by atoms with E-state index in [1.807, 2.05) is 0 Å². The number of fused-ring (bicyclic) bond motifs is 1. The molecule has 0 spiro atoms. The van der Waals surface area contributed by atoms with Crippen LogP contribution in [0.3, 0.4) is 0 Å². The smallest absolute Gasteiger partial charge is 0.226 e. The Morgan fingerprint density at radius 1 is 0.867 bits per heavy atom. The monoisotopic (exact) mass is 207 g/mol. The molecule has 3 rings (SSSR count). The van der Waals surface area contributed by atoms with E-state index in [-0.39, 0.29) is 0 Å². The first-order valence-electron chi connectivity index (χ1n) is 6.67. The summed E-state index contributed by atoms with van der Waals surface area (Å²) in [6.45, 7) is 2.07. The summed E-state index contributed by atoms with van der Waals surface area (Å²) in [6.07, 6.45) is 9.17. The second-order valence-corrected chi connectivity index (χ2v) is 5.52. The molecule has 2 atom stereocenters. The zero-order valence-electron chi connectivity index (χ0n) is 9.45. The van der Waals surface area contributed by atoms with E-state index in [4.69, 9.17) is 0 Å². The highest BCUT2D eigenvalue weighted by Crippen LogP contribution is 2.56. The molecule has 84 valence electrons. The van der Waals surface area contributed by atoms with E-state index in [2.05, 4.69) is 4.90 Å². The van der Waals surface area contributed by atoms with E-state index >= 15 is 0 Å². The van der Waals surface area contributed by atoms with Gasteiger partial charge in [-0.1, -0.05) is 12.8 Å². The van der Waals surface area contributed by atoms with Crippen LogP contribution in [0.2, 0.25) is 0 Å². The molecule has 0 aromatic heterocycles. The van der Waals surface area contributed by atoms with Gasteiger partial charge in [0.25, 0.3) is 0 Å². The molecule has 1 saturated heterocycles. The predicted molar refractivity (Wildman–Crippen MR) is 59.4 cm³/mol. The van der Waals surface area contributed by atoms with Gasteiger partial charge in [0.1, 0.15) is 0 Å². The van der Waals surface area contributed by atoms with Gasteiger partial charge in [-0.05, 0) is 43.9 Å². The number of hydrogen-bond donors (Lipinski definition) is 0. The van der Waals surface area contributed by atoms with Crippen molar-refractivity contribution in [3.05, 3.63) is 0 Å². The number of amides is 1. The molecule has 3 fully saturated rings. The Labute approximate surface area is 92.0 Å². The minimum absolute atomic E-state index is 0.450. The van der Waals surface area contributed by atoms with Crippen molar-refractivity contribution in [2.45, 2.75) is 44.9 Å². The van der Waals surface area contributed by atoms with E-state index in [1.165, 1.54) is 44.9 Å². The fourth-order valence-corrected chi connectivity index (χ4v) is 3.68. The summed E-state index contributed by atoms with van der Waals surface area (Å²) >= 11 is 0. The average Bonchev–Trinajstić information content (AvgIpc) is 3.03. The number of hydrogen-bond acceptors (Lipinski definition) is 1. The minimum atomic E-state index is 0.450. The molecule has 1 amide bonds. The standard InChI is InChI=1S/C13H21NO/c15-13(14-8-4-1-5-9-14)12-10-6-2-3-7-11(10)12/h10-12H,1-9H2. The van der Waals surface area contributed by atoms with E-state index in [0.717, 1.165) is 24.9 Å². The molecule has 2 nitrogen and oxygen atoms in total. The highest BCUT2D eigenvalue weighted by atomic mass is 16.2. The van der Waals surface area contributed by atoms with Crippen LogP contribution in [0.1, 0.15) is 44.9 Å². The summed E-state index contributed by atoms with van der Waals surface area (Å²) in [7, 11) is 0. The first kappa shape index (κ1) is 9.68. The van der Waals surface area contributed by atoms with Gasteiger partial charge < -0.3 is 4.90 Å². The largest absolute Gasteiger partial charge is 0.342 e. The highest BCUT2D eigenvalue weighted by Gasteiger charge is 2.55. The molecular weight excluding hydrogens is 186 g/mol. The number of piperidine rings is 1. The van der Waals surface area contributed by atoms with Gasteiger partial charge >= 0.3 is 0 Å². The normalized spacial score (nSPS) is 39.7. The van der Waals surface area contributed by atoms with E-state index in [1.54, 1.807) is 0 Å². The van der Waals surface area contributed by atoms with Crippen LogP contribution in [-0.4, -0.2) is 23.9 Å². The molecule has 0 aromatic carbocycles. The molecule has 3 aliphatic rings. The number of nitrogens with zero attached hydrogens (tertiary/aromatic N) is 1. The van der Waals surface area contributed by atoms with E-state index < -0.39 is 0 Å². The quantitative estimate of drug-likeness (QED) is 0.646. The Morgan fingerprint density at radius 3 is 2.07 bits per heavy atom. The third kappa shape index (κ3) is 1.68. The van der Waals surface area contributed by atoms with Gasteiger partial charge in [-0.2, -0.15) is 0 Å². The Bertz CT molecular complexity index is 245. The Morgan fingerprint density at radius 2 is 1.47 bits per heavy atom. The second-order valence-electron chi connectivity index (χ2n) is 5.52. The number of carbonyl (C=O) groups excluding carboxylic acids is 1. The van der Waals surface area contributed by atoms with Crippen molar-refractivity contribution < 1.29 is 4.79 Å². The Kier molecular flexibility index (Phi) is 2.45. The summed E-state index contributed by atoms with van der Waals surface area (Å²) in [6, 6.07) is 0. The molecule has 0 bridgehead atoms. The zero-order chi connectivity index (χ0) is 10.3. The van der Waals surface area contributed by atoms with Gasteiger partial charge in [0, 0.05) is 19.0 Å². The Hall–Kier alpha value is -0.530. The molecule has 0 radical (unpaired) electrons. The van der Waals surface area contributed by atoms with Gasteiger partial charge in [0.15, 0.2) is 0 Å². The maximum absolute atomic E-state index is 12.3. The van der Waals surface area contributed by atoms with Crippen molar-refractivity contribution in [1.29, 1.82) is 0 Å². The minimum Gasteiger partial charge on any atom is -0.342 e. The average molecular weight is 207 g/mol. The number of rotatable bonds is 1. The summed E-state index contributed by atoms with van der Waals surface area (Å²) in [5, 5.41) is 0. The molecule has 1 aliphatic heterocycles. The second kappa shape index (κ2) is 3.80. The lowest BCUT2D eigenvalue weighted by atomic mass is 10.0. The van der Waals surface area contributed by atoms with Gasteiger partial charge in [-0.15, -0.1) is 0 Å². The van der Waals surface area contributed by atoms with Crippen LogP contribution in [0.4, 0.5) is 0 Å². The number of likely N-dealkylation sites (tertiary alicyclic amines) is 1. The highest BCUT2D eigenvalue weighted by molar-refractivity contribution is 5.82. The maximum Gasteiger partial charge on any atom is 0.226 e. The van der Waals surface area contributed by atoms with Crippen LogP contribution in [-0.2, 0) is 4.79 Å². The van der Waals surface area contributed by atoms with Crippen LogP contribution >= 0.6 is 0 Å².